The molecule has 0 fully saturated rings. The summed E-state index contributed by atoms with van der Waals surface area (Å²) in [5.74, 6) is 0.219. The largest absolute Gasteiger partial charge is 0.493 e. The summed E-state index contributed by atoms with van der Waals surface area (Å²) in [5, 5.41) is 6.77. The van der Waals surface area contributed by atoms with Crippen LogP contribution in [0.3, 0.4) is 0 Å². The number of nitrogens with one attached hydrogen (secondary N) is 2. The van der Waals surface area contributed by atoms with Crippen LogP contribution in [0.25, 0.3) is 0 Å². The second-order valence-corrected chi connectivity index (χ2v) is 9.83. The predicted molar refractivity (Wildman–Crippen MR) is 152 cm³/mol. The standard InChI is InChI=1S/C27H34IN3O7/c1-6-36-25(33)16-38-26-20(28)12-19(13-23(26)35-5)14-29-31-27(34)21(11-17(2)3)30-24(32)15-37-22-10-8-7-9-18(22)4/h7-10,12-14,17,21H,6,11,15-16H2,1-5H3,(H,30,32)(H,31,34)/b29-14-/t21-/m0/s1. The molecule has 0 saturated heterocycles. The lowest BCUT2D eigenvalue weighted by molar-refractivity contribution is -0.145. The molecule has 0 saturated carbocycles. The average Bonchev–Trinajstić information content (AvgIpc) is 2.86. The molecule has 0 aliphatic heterocycles. The molecule has 2 N–H and O–H groups in total. The van der Waals surface area contributed by atoms with Crippen molar-refractivity contribution in [2.45, 2.75) is 40.2 Å². The van der Waals surface area contributed by atoms with Gasteiger partial charge in [0.05, 0.1) is 23.5 Å². The summed E-state index contributed by atoms with van der Waals surface area (Å²) in [4.78, 5) is 36.9. The van der Waals surface area contributed by atoms with Crippen molar-refractivity contribution in [1.29, 1.82) is 0 Å². The molecular formula is C27H34IN3O7. The molecular weight excluding hydrogens is 605 g/mol. The van der Waals surface area contributed by atoms with E-state index in [0.717, 1.165) is 5.56 Å². The van der Waals surface area contributed by atoms with Crippen LogP contribution in [0.5, 0.6) is 17.2 Å². The summed E-state index contributed by atoms with van der Waals surface area (Å²) in [6.45, 7) is 7.33. The summed E-state index contributed by atoms with van der Waals surface area (Å²) in [5.41, 5.74) is 4.03. The van der Waals surface area contributed by atoms with Gasteiger partial charge in [-0.2, -0.15) is 5.10 Å². The minimum absolute atomic E-state index is 0.153. The van der Waals surface area contributed by atoms with E-state index >= 15 is 0 Å². The van der Waals surface area contributed by atoms with E-state index in [1.54, 1.807) is 25.1 Å². The van der Waals surface area contributed by atoms with Crippen LogP contribution in [0.15, 0.2) is 41.5 Å². The Balaban J connectivity index is 2.01. The molecule has 2 aromatic rings. The van der Waals surface area contributed by atoms with Crippen LogP contribution in [-0.2, 0) is 19.1 Å². The maximum atomic E-state index is 12.8. The van der Waals surface area contributed by atoms with E-state index in [2.05, 4.69) is 38.4 Å². The number of hydrazone groups is 1. The molecule has 11 heteroatoms. The first-order chi connectivity index (χ1) is 18.1. The summed E-state index contributed by atoms with van der Waals surface area (Å²) >= 11 is 2.05. The van der Waals surface area contributed by atoms with Gasteiger partial charge in [-0.25, -0.2) is 10.2 Å². The number of para-hydroxylation sites is 1. The Kier molecular flexibility index (Phi) is 12.8. The fourth-order valence-electron chi connectivity index (χ4n) is 3.34. The lowest BCUT2D eigenvalue weighted by Gasteiger charge is -2.19. The van der Waals surface area contributed by atoms with Gasteiger partial charge in [-0.05, 0) is 78.1 Å². The van der Waals surface area contributed by atoms with E-state index in [1.807, 2.05) is 39.0 Å². The molecule has 2 amide bonds. The molecule has 2 aromatic carbocycles. The molecule has 0 spiro atoms. The SMILES string of the molecule is CCOC(=O)COc1c(I)cc(/C=N\NC(=O)[C@H](CC(C)C)NC(=O)COc2ccccc2C)cc1OC. The van der Waals surface area contributed by atoms with E-state index in [4.69, 9.17) is 18.9 Å². The van der Waals surface area contributed by atoms with Crippen LogP contribution in [0.2, 0.25) is 0 Å². The van der Waals surface area contributed by atoms with Crippen LogP contribution in [0.1, 0.15) is 38.3 Å². The fraction of sp³-hybridized carbons (Fsp3) is 0.407. The van der Waals surface area contributed by atoms with Crippen molar-refractivity contribution in [2.75, 3.05) is 26.9 Å². The van der Waals surface area contributed by atoms with Crippen molar-refractivity contribution in [3.05, 3.63) is 51.1 Å². The molecule has 0 aliphatic rings. The predicted octanol–water partition coefficient (Wildman–Crippen LogP) is 3.61. The number of hydrogen-bond donors (Lipinski definition) is 2. The number of ether oxygens (including phenoxy) is 4. The second kappa shape index (κ2) is 15.8. The smallest absolute Gasteiger partial charge is 0.344 e. The van der Waals surface area contributed by atoms with Crippen LogP contribution in [0, 0.1) is 16.4 Å². The monoisotopic (exact) mass is 639 g/mol. The Labute approximate surface area is 236 Å². The van der Waals surface area contributed by atoms with Gasteiger partial charge in [0.25, 0.3) is 11.8 Å². The van der Waals surface area contributed by atoms with Crippen molar-refractivity contribution in [1.82, 2.24) is 10.7 Å². The number of carbonyl (C=O) groups excluding carboxylic acids is 3. The highest BCUT2D eigenvalue weighted by molar-refractivity contribution is 14.1. The van der Waals surface area contributed by atoms with Crippen molar-refractivity contribution in [2.24, 2.45) is 11.0 Å². The van der Waals surface area contributed by atoms with Crippen LogP contribution in [0.4, 0.5) is 0 Å². The van der Waals surface area contributed by atoms with Gasteiger partial charge in [-0.1, -0.05) is 32.0 Å². The molecule has 0 radical (unpaired) electrons. The van der Waals surface area contributed by atoms with Gasteiger partial charge < -0.3 is 24.3 Å². The zero-order valence-electron chi connectivity index (χ0n) is 22.2. The Bertz CT molecular complexity index is 1140. The molecule has 38 heavy (non-hydrogen) atoms. The molecule has 2 rings (SSSR count). The maximum Gasteiger partial charge on any atom is 0.344 e. The highest BCUT2D eigenvalue weighted by Gasteiger charge is 2.22. The summed E-state index contributed by atoms with van der Waals surface area (Å²) in [6, 6.07) is 10.0. The zero-order chi connectivity index (χ0) is 28.1. The van der Waals surface area contributed by atoms with Crippen molar-refractivity contribution < 1.29 is 33.3 Å². The number of benzene rings is 2. The fourth-order valence-corrected chi connectivity index (χ4v) is 4.12. The van der Waals surface area contributed by atoms with Gasteiger partial charge >= 0.3 is 5.97 Å². The molecule has 10 nitrogen and oxygen atoms in total. The number of carbonyl (C=O) groups is 3. The maximum absolute atomic E-state index is 12.8. The Morgan fingerprint density at radius 1 is 1.08 bits per heavy atom. The Morgan fingerprint density at radius 3 is 2.47 bits per heavy atom. The van der Waals surface area contributed by atoms with Crippen molar-refractivity contribution in [3.8, 4) is 17.2 Å². The number of methoxy groups -OCH3 is 1. The molecule has 206 valence electrons. The second-order valence-electron chi connectivity index (χ2n) is 8.67. The van der Waals surface area contributed by atoms with E-state index in [-0.39, 0.29) is 25.7 Å². The number of halogens is 1. The first-order valence-corrected chi connectivity index (χ1v) is 13.2. The van der Waals surface area contributed by atoms with Gasteiger partial charge in [0.1, 0.15) is 11.8 Å². The lowest BCUT2D eigenvalue weighted by atomic mass is 10.0. The van der Waals surface area contributed by atoms with Crippen LogP contribution >= 0.6 is 22.6 Å². The molecule has 0 aliphatic carbocycles. The van der Waals surface area contributed by atoms with Gasteiger partial charge in [0, 0.05) is 0 Å². The van der Waals surface area contributed by atoms with Crippen molar-refractivity contribution >= 4 is 46.6 Å². The van der Waals surface area contributed by atoms with Gasteiger partial charge in [0.15, 0.2) is 24.7 Å². The highest BCUT2D eigenvalue weighted by Crippen LogP contribution is 2.33. The van der Waals surface area contributed by atoms with Gasteiger partial charge in [-0.15, -0.1) is 0 Å². The molecule has 0 heterocycles. The third-order valence-corrected chi connectivity index (χ3v) is 5.89. The lowest BCUT2D eigenvalue weighted by Crippen LogP contribution is -2.47. The number of amides is 2. The number of hydrogen-bond acceptors (Lipinski definition) is 8. The number of aryl methyl sites for hydroxylation is 1. The topological polar surface area (TPSA) is 125 Å². The minimum Gasteiger partial charge on any atom is -0.493 e. The molecule has 0 unspecified atom stereocenters. The first kappa shape index (κ1) is 30.9. The van der Waals surface area contributed by atoms with E-state index in [9.17, 15) is 14.4 Å². The third-order valence-electron chi connectivity index (χ3n) is 5.09. The third kappa shape index (κ3) is 10.2. The van der Waals surface area contributed by atoms with E-state index < -0.39 is 23.8 Å². The van der Waals surface area contributed by atoms with E-state index in [1.165, 1.54) is 13.3 Å². The number of nitrogens with zero attached hydrogens (tertiary/aromatic N) is 1. The summed E-state index contributed by atoms with van der Waals surface area (Å²) < 4.78 is 22.1. The van der Waals surface area contributed by atoms with Gasteiger partial charge in [0.2, 0.25) is 0 Å². The van der Waals surface area contributed by atoms with Crippen molar-refractivity contribution in [3.63, 3.8) is 0 Å². The number of esters is 1. The highest BCUT2D eigenvalue weighted by atomic mass is 127. The summed E-state index contributed by atoms with van der Waals surface area (Å²) in [7, 11) is 1.48. The molecule has 0 aromatic heterocycles. The Hall–Kier alpha value is -3.35. The Morgan fingerprint density at radius 2 is 1.82 bits per heavy atom. The van der Waals surface area contributed by atoms with Gasteiger partial charge in [-0.3, -0.25) is 9.59 Å². The first-order valence-electron chi connectivity index (χ1n) is 12.1. The molecule has 0 bridgehead atoms. The minimum atomic E-state index is -0.784. The van der Waals surface area contributed by atoms with Crippen LogP contribution in [-0.4, -0.2) is 57.0 Å². The zero-order valence-corrected chi connectivity index (χ0v) is 24.4. The quantitative estimate of drug-likeness (QED) is 0.140. The molecule has 1 atom stereocenters. The van der Waals surface area contributed by atoms with Crippen LogP contribution < -0.4 is 25.0 Å². The summed E-state index contributed by atoms with van der Waals surface area (Å²) in [6.07, 6.45) is 1.88. The average molecular weight is 639 g/mol. The van der Waals surface area contributed by atoms with E-state index in [0.29, 0.717) is 32.8 Å². The number of rotatable bonds is 14. The normalized spacial score (nSPS) is 11.7.